The molecule has 0 aliphatic carbocycles. The zero-order valence-corrected chi connectivity index (χ0v) is 31.1. The first-order valence-electron chi connectivity index (χ1n) is 18.2. The zero-order valence-electron chi connectivity index (χ0n) is 31.1. The lowest BCUT2D eigenvalue weighted by Crippen LogP contribution is -2.70. The van der Waals surface area contributed by atoms with Crippen LogP contribution >= 0.6 is 0 Å². The van der Waals surface area contributed by atoms with Crippen molar-refractivity contribution in [2.75, 3.05) is 26.4 Å². The zero-order chi connectivity index (χ0) is 43.3. The van der Waals surface area contributed by atoms with Crippen LogP contribution in [0, 0.1) is 0 Å². The number of carbonyl (C=O) groups is 2. The average molecular weight is 854 g/mol. The van der Waals surface area contributed by atoms with Crippen molar-refractivity contribution >= 4 is 12.2 Å². The molecule has 0 aromatic carbocycles. The van der Waals surface area contributed by atoms with Crippen molar-refractivity contribution in [3.63, 3.8) is 0 Å². The Kier molecular flexibility index (Phi) is 18.0. The van der Waals surface area contributed by atoms with E-state index in [2.05, 4.69) is 5.32 Å². The SMILES string of the molecule is CC(=O)N[C@H]1[C@H](O[C@H]2[C@@H](O)[C@@H](CO)O[C@@H](O[C@@H]([C@H](O[C@@H]3O[C@@H](C)[C@@H](O)[C@@H](O)[C@@H]3O)[C@@H](O)C=O)[C@H](O)CO)[C@@H]2O)O[C@H](CO)[C@@H](O)[C@@H]1O[C@@H]1O[C@H](CO)[C@H](O)[C@H](O)[C@H]1O. The molecule has 0 aromatic heterocycles. The predicted molar refractivity (Wildman–Crippen MR) is 178 cm³/mol. The normalized spacial score (nSPS) is 45.8. The van der Waals surface area contributed by atoms with Crippen LogP contribution in [-0.4, -0.2) is 262 Å². The van der Waals surface area contributed by atoms with Crippen molar-refractivity contribution in [2.24, 2.45) is 0 Å². The van der Waals surface area contributed by atoms with Crippen molar-refractivity contribution in [1.29, 1.82) is 0 Å². The van der Waals surface area contributed by atoms with Crippen molar-refractivity contribution in [3.05, 3.63) is 0 Å². The van der Waals surface area contributed by atoms with Crippen LogP contribution in [0.2, 0.25) is 0 Å². The first-order chi connectivity index (χ1) is 27.3. The number of hydrogen-bond acceptors (Lipinski definition) is 25. The third-order valence-corrected chi connectivity index (χ3v) is 10.2. The Morgan fingerprint density at radius 2 is 1.07 bits per heavy atom. The van der Waals surface area contributed by atoms with E-state index in [0.29, 0.717) is 0 Å². The molecule has 16 N–H and O–H groups in total. The summed E-state index contributed by atoms with van der Waals surface area (Å²) >= 11 is 0. The van der Waals surface area contributed by atoms with E-state index in [9.17, 15) is 86.2 Å². The Morgan fingerprint density at radius 1 is 0.603 bits per heavy atom. The maximum atomic E-state index is 12.4. The van der Waals surface area contributed by atoms with Crippen LogP contribution < -0.4 is 5.32 Å². The standard InChI is InChI=1S/C32H55NO25/c1-8-16(42)20(46)22(48)30(51-8)55-25(10(40)3-34)26(11(41)4-35)56-32-24(50)28(19(45)14(7-38)54-32)58-29-15(33-9(2)39)27(18(44)13(6-37)52-29)57-31-23(49)21(47)17(43)12(5-36)53-31/h3,8,10-32,35-38,40-50H,4-7H2,1-2H3,(H,33,39)/t8-,10-,11+,12+,13+,14+,15+,16+,17-,18+,19-,20+,21-,22-,23+,24+,25+,26+,27+,28-,29-,30-,31-,32-/m0/s1. The molecule has 0 unspecified atom stereocenters. The number of aliphatic hydroxyl groups excluding tert-OH is 15. The van der Waals surface area contributed by atoms with Gasteiger partial charge in [-0.15, -0.1) is 0 Å². The van der Waals surface area contributed by atoms with Crippen LogP contribution in [0.5, 0.6) is 0 Å². The van der Waals surface area contributed by atoms with E-state index in [1.807, 2.05) is 0 Å². The lowest BCUT2D eigenvalue weighted by molar-refractivity contribution is -0.375. The Morgan fingerprint density at radius 3 is 1.62 bits per heavy atom. The summed E-state index contributed by atoms with van der Waals surface area (Å²) < 4.78 is 44.8. The fourth-order valence-electron chi connectivity index (χ4n) is 6.91. The second-order valence-corrected chi connectivity index (χ2v) is 14.3. The van der Waals surface area contributed by atoms with Crippen LogP contribution in [0.4, 0.5) is 0 Å². The van der Waals surface area contributed by atoms with Gasteiger partial charge in [-0.1, -0.05) is 0 Å². The predicted octanol–water partition coefficient (Wildman–Crippen LogP) is -10.9. The number of rotatable bonds is 17. The second kappa shape index (κ2) is 21.3. The highest BCUT2D eigenvalue weighted by molar-refractivity contribution is 5.73. The van der Waals surface area contributed by atoms with Gasteiger partial charge in [-0.25, -0.2) is 0 Å². The van der Waals surface area contributed by atoms with Gasteiger partial charge in [0.25, 0.3) is 0 Å². The van der Waals surface area contributed by atoms with Gasteiger partial charge < -0.3 is 125 Å². The molecule has 4 rings (SSSR count). The minimum atomic E-state index is -2.26. The number of aliphatic hydroxyl groups is 15. The molecule has 0 radical (unpaired) electrons. The van der Waals surface area contributed by atoms with Crippen LogP contribution in [0.25, 0.3) is 0 Å². The Bertz CT molecular complexity index is 1290. The average Bonchev–Trinajstić information content (AvgIpc) is 3.20. The molecule has 4 aliphatic rings. The molecule has 4 fully saturated rings. The summed E-state index contributed by atoms with van der Waals surface area (Å²) in [7, 11) is 0. The van der Waals surface area contributed by atoms with E-state index in [-0.39, 0.29) is 6.29 Å². The van der Waals surface area contributed by atoms with Crippen molar-refractivity contribution in [2.45, 2.75) is 161 Å². The summed E-state index contributed by atoms with van der Waals surface area (Å²) in [6, 6.07) is -1.71. The topological polar surface area (TPSA) is 423 Å². The van der Waals surface area contributed by atoms with E-state index in [1.165, 1.54) is 6.92 Å². The highest BCUT2D eigenvalue weighted by Crippen LogP contribution is 2.34. The van der Waals surface area contributed by atoms with Gasteiger partial charge in [0.05, 0.1) is 32.5 Å². The summed E-state index contributed by atoms with van der Waals surface area (Å²) in [6.07, 6.45) is -43.9. The third-order valence-electron chi connectivity index (χ3n) is 10.2. The van der Waals surface area contributed by atoms with Gasteiger partial charge in [0.2, 0.25) is 5.91 Å². The third kappa shape index (κ3) is 10.6. The van der Waals surface area contributed by atoms with Crippen molar-refractivity contribution < 1.29 is 124 Å². The molecular weight excluding hydrogens is 798 g/mol. The fourth-order valence-corrected chi connectivity index (χ4v) is 6.91. The molecule has 0 saturated carbocycles. The largest absolute Gasteiger partial charge is 0.394 e. The van der Waals surface area contributed by atoms with Crippen LogP contribution in [-0.2, 0) is 47.5 Å². The highest BCUT2D eigenvalue weighted by Gasteiger charge is 2.56. The molecule has 24 atom stereocenters. The Hall–Kier alpha value is -1.78. The van der Waals surface area contributed by atoms with Gasteiger partial charge in [0.1, 0.15) is 116 Å². The summed E-state index contributed by atoms with van der Waals surface area (Å²) in [5.41, 5.74) is 0. The van der Waals surface area contributed by atoms with E-state index < -0.39 is 180 Å². The van der Waals surface area contributed by atoms with E-state index >= 15 is 0 Å². The Labute approximate surface area is 329 Å². The number of hydrogen-bond donors (Lipinski definition) is 16. The molecule has 26 nitrogen and oxygen atoms in total. The maximum Gasteiger partial charge on any atom is 0.217 e. The number of aldehydes is 1. The van der Waals surface area contributed by atoms with E-state index in [0.717, 1.165) is 6.92 Å². The van der Waals surface area contributed by atoms with Gasteiger partial charge in [-0.2, -0.15) is 0 Å². The fraction of sp³-hybridized carbons (Fsp3) is 0.938. The van der Waals surface area contributed by atoms with Crippen molar-refractivity contribution in [3.8, 4) is 0 Å². The molecule has 4 aliphatic heterocycles. The maximum absolute atomic E-state index is 12.4. The first-order valence-corrected chi connectivity index (χ1v) is 18.2. The van der Waals surface area contributed by atoms with Crippen molar-refractivity contribution in [1.82, 2.24) is 5.32 Å². The molecule has 26 heteroatoms. The molecule has 4 saturated heterocycles. The first kappa shape index (κ1) is 48.9. The highest BCUT2D eigenvalue weighted by atomic mass is 16.8. The molecular formula is C32H55NO25. The molecule has 338 valence electrons. The lowest BCUT2D eigenvalue weighted by atomic mass is 9.94. The number of carbonyl (C=O) groups excluding carboxylic acids is 2. The number of nitrogens with one attached hydrogen (secondary N) is 1. The monoisotopic (exact) mass is 853 g/mol. The summed E-state index contributed by atoms with van der Waals surface area (Å²) in [6.45, 7) is -1.75. The van der Waals surface area contributed by atoms with Crippen LogP contribution in [0.15, 0.2) is 0 Å². The number of ether oxygens (including phenoxy) is 8. The minimum absolute atomic E-state index is 0.101. The number of amides is 1. The van der Waals surface area contributed by atoms with Gasteiger partial charge in [0.15, 0.2) is 31.4 Å². The second-order valence-electron chi connectivity index (χ2n) is 14.3. The van der Waals surface area contributed by atoms with Gasteiger partial charge in [-0.05, 0) is 6.92 Å². The van der Waals surface area contributed by atoms with E-state index in [1.54, 1.807) is 0 Å². The smallest absolute Gasteiger partial charge is 0.217 e. The summed E-state index contributed by atoms with van der Waals surface area (Å²) in [5, 5.41) is 159. The van der Waals surface area contributed by atoms with E-state index in [4.69, 9.17) is 37.9 Å². The van der Waals surface area contributed by atoms with Crippen LogP contribution in [0.1, 0.15) is 13.8 Å². The van der Waals surface area contributed by atoms with Gasteiger partial charge >= 0.3 is 0 Å². The minimum Gasteiger partial charge on any atom is -0.394 e. The van der Waals surface area contributed by atoms with Gasteiger partial charge in [0, 0.05) is 6.92 Å². The molecule has 58 heavy (non-hydrogen) atoms. The molecule has 0 spiro atoms. The molecule has 1 amide bonds. The Balaban J connectivity index is 1.65. The van der Waals surface area contributed by atoms with Gasteiger partial charge in [-0.3, -0.25) is 4.79 Å². The van der Waals surface area contributed by atoms with Crippen LogP contribution in [0.3, 0.4) is 0 Å². The summed E-state index contributed by atoms with van der Waals surface area (Å²) in [5.74, 6) is -0.828. The quantitative estimate of drug-likeness (QED) is 0.0604. The molecule has 0 aromatic rings. The lowest BCUT2D eigenvalue weighted by Gasteiger charge is -2.49. The molecule has 0 bridgehead atoms. The summed E-state index contributed by atoms with van der Waals surface area (Å²) in [4.78, 5) is 24.3. The molecule has 4 heterocycles.